The monoisotopic (exact) mass is 304 g/mol. The van der Waals surface area contributed by atoms with Crippen molar-refractivity contribution >= 4 is 5.97 Å². The molecule has 2 rings (SSSR count). The van der Waals surface area contributed by atoms with E-state index < -0.39 is 0 Å². The fourth-order valence-electron chi connectivity index (χ4n) is 2.02. The molecule has 0 radical (unpaired) electrons. The highest BCUT2D eigenvalue weighted by Gasteiger charge is 2.15. The summed E-state index contributed by atoms with van der Waals surface area (Å²) in [6.07, 6.45) is 0.784. The quantitative estimate of drug-likeness (QED) is 0.778. The lowest BCUT2D eigenvalue weighted by molar-refractivity contribution is 0.0505. The largest absolute Gasteiger partial charge is 0.462 e. The first-order valence-corrected chi connectivity index (χ1v) is 7.11. The van der Waals surface area contributed by atoms with Gasteiger partial charge in [0.15, 0.2) is 0 Å². The molecule has 0 atom stereocenters. The third kappa shape index (κ3) is 3.49. The molecule has 0 saturated carbocycles. The number of nitrogens with zero attached hydrogens (tertiary/aromatic N) is 3. The topological polar surface area (TPSA) is 92.3 Å². The van der Waals surface area contributed by atoms with Crippen LogP contribution in [0, 0.1) is 0 Å². The highest BCUT2D eigenvalue weighted by Crippen LogP contribution is 2.16. The van der Waals surface area contributed by atoms with Crippen LogP contribution >= 0.6 is 0 Å². The third-order valence-electron chi connectivity index (χ3n) is 3.08. The first kappa shape index (κ1) is 16.1. The highest BCUT2D eigenvalue weighted by molar-refractivity contribution is 5.90. The number of aromatic nitrogens is 3. The van der Waals surface area contributed by atoms with Crippen molar-refractivity contribution in [1.29, 1.82) is 0 Å². The van der Waals surface area contributed by atoms with Gasteiger partial charge in [0.1, 0.15) is 5.69 Å². The molecule has 0 aliphatic rings. The van der Waals surface area contributed by atoms with Gasteiger partial charge in [-0.1, -0.05) is 18.2 Å². The minimum atomic E-state index is -0.351. The van der Waals surface area contributed by atoms with Crippen molar-refractivity contribution in [3.05, 3.63) is 41.2 Å². The third-order valence-corrected chi connectivity index (χ3v) is 3.08. The summed E-state index contributed by atoms with van der Waals surface area (Å²) in [7, 11) is 1.59. The summed E-state index contributed by atoms with van der Waals surface area (Å²) < 4.78 is 11.9. The van der Waals surface area contributed by atoms with Crippen molar-refractivity contribution in [1.82, 2.24) is 15.0 Å². The van der Waals surface area contributed by atoms with E-state index in [-0.39, 0.29) is 12.5 Å². The lowest BCUT2D eigenvalue weighted by Gasteiger charge is -2.08. The van der Waals surface area contributed by atoms with Gasteiger partial charge in [-0.05, 0) is 24.6 Å². The van der Waals surface area contributed by atoms with Gasteiger partial charge in [-0.25, -0.2) is 9.48 Å². The van der Waals surface area contributed by atoms with Crippen LogP contribution in [0.3, 0.4) is 0 Å². The van der Waals surface area contributed by atoms with Gasteiger partial charge >= 0.3 is 5.97 Å². The zero-order valence-electron chi connectivity index (χ0n) is 12.8. The number of hydrogen-bond acceptors (Lipinski definition) is 6. The number of carbonyl (C=O) groups is 1. The number of carbonyl (C=O) groups excluding carboxylic acids is 1. The average Bonchev–Trinajstić information content (AvgIpc) is 2.96. The minimum absolute atomic E-state index is 0.275. The van der Waals surface area contributed by atoms with Crippen molar-refractivity contribution in [2.45, 2.75) is 26.5 Å². The highest BCUT2D eigenvalue weighted by atomic mass is 16.5. The van der Waals surface area contributed by atoms with Crippen molar-refractivity contribution in [2.24, 2.45) is 5.73 Å². The Balaban J connectivity index is 2.33. The number of benzene rings is 1. The van der Waals surface area contributed by atoms with Crippen molar-refractivity contribution in [3.63, 3.8) is 0 Å². The summed E-state index contributed by atoms with van der Waals surface area (Å²) in [5, 5.41) is 8.14. The van der Waals surface area contributed by atoms with Crippen molar-refractivity contribution < 1.29 is 14.3 Å². The number of hydrogen-bond donors (Lipinski definition) is 1. The number of nitrogens with two attached hydrogens (primary N) is 1. The smallest absolute Gasteiger partial charge is 0.338 e. The van der Waals surface area contributed by atoms with Crippen LogP contribution in [-0.2, 0) is 22.6 Å². The lowest BCUT2D eigenvalue weighted by Crippen LogP contribution is -2.09. The second kappa shape index (κ2) is 7.67. The van der Waals surface area contributed by atoms with Gasteiger partial charge in [-0.2, -0.15) is 0 Å². The number of ether oxygens (including phenoxy) is 2. The molecule has 0 fully saturated rings. The summed E-state index contributed by atoms with van der Waals surface area (Å²) in [5.74, 6) is -0.351. The summed E-state index contributed by atoms with van der Waals surface area (Å²) in [5.41, 5.74) is 8.28. The maximum Gasteiger partial charge on any atom is 0.338 e. The summed E-state index contributed by atoms with van der Waals surface area (Å²) in [6.45, 7) is 2.96. The molecule has 0 unspecified atom stereocenters. The Labute approximate surface area is 129 Å². The van der Waals surface area contributed by atoms with Crippen LogP contribution in [0.15, 0.2) is 24.3 Å². The molecular weight excluding hydrogens is 284 g/mol. The summed E-state index contributed by atoms with van der Waals surface area (Å²) in [4.78, 5) is 11.9. The summed E-state index contributed by atoms with van der Waals surface area (Å²) >= 11 is 0. The molecule has 7 heteroatoms. The Kier molecular flexibility index (Phi) is 5.62. The van der Waals surface area contributed by atoms with E-state index in [0.29, 0.717) is 30.2 Å². The molecule has 0 saturated heterocycles. The van der Waals surface area contributed by atoms with Gasteiger partial charge in [0.25, 0.3) is 0 Å². The van der Waals surface area contributed by atoms with Crippen LogP contribution in [0.1, 0.15) is 35.1 Å². The van der Waals surface area contributed by atoms with E-state index in [4.69, 9.17) is 15.2 Å². The minimum Gasteiger partial charge on any atom is -0.462 e. The van der Waals surface area contributed by atoms with E-state index in [0.717, 1.165) is 12.1 Å². The SMILES string of the molecule is CCCOC(=O)c1cccc(-n2nnc(CN)c2COC)c1. The number of rotatable bonds is 7. The van der Waals surface area contributed by atoms with Gasteiger partial charge in [0, 0.05) is 13.7 Å². The van der Waals surface area contributed by atoms with Crippen LogP contribution in [0.2, 0.25) is 0 Å². The standard InChI is InChI=1S/C15H20N4O3/c1-3-7-22-15(20)11-5-4-6-12(8-11)19-14(10-21-2)13(9-16)17-18-19/h4-6,8H,3,7,9-10,16H2,1-2H3. The van der Waals surface area contributed by atoms with Crippen molar-refractivity contribution in [2.75, 3.05) is 13.7 Å². The average molecular weight is 304 g/mol. The van der Waals surface area contributed by atoms with Gasteiger partial charge < -0.3 is 15.2 Å². The fourth-order valence-corrected chi connectivity index (χ4v) is 2.02. The first-order valence-electron chi connectivity index (χ1n) is 7.11. The predicted molar refractivity (Wildman–Crippen MR) is 80.5 cm³/mol. The van der Waals surface area contributed by atoms with Gasteiger partial charge in [-0.3, -0.25) is 0 Å². The van der Waals surface area contributed by atoms with Crippen LogP contribution in [0.25, 0.3) is 5.69 Å². The zero-order valence-corrected chi connectivity index (χ0v) is 12.8. The molecule has 22 heavy (non-hydrogen) atoms. The van der Waals surface area contributed by atoms with Gasteiger partial charge in [0.05, 0.1) is 30.2 Å². The molecule has 1 heterocycles. The number of methoxy groups -OCH3 is 1. The maximum atomic E-state index is 11.9. The van der Waals surface area contributed by atoms with E-state index in [9.17, 15) is 4.79 Å². The second-order valence-electron chi connectivity index (χ2n) is 4.72. The van der Waals surface area contributed by atoms with E-state index in [1.54, 1.807) is 30.0 Å². The Hall–Kier alpha value is -2.25. The Morgan fingerprint density at radius 3 is 2.91 bits per heavy atom. The molecule has 0 aliphatic heterocycles. The molecule has 0 aliphatic carbocycles. The Bertz CT molecular complexity index is 639. The molecule has 1 aromatic heterocycles. The van der Waals surface area contributed by atoms with Gasteiger partial charge in [0.2, 0.25) is 0 Å². The number of esters is 1. The maximum absolute atomic E-state index is 11.9. The zero-order chi connectivity index (χ0) is 15.9. The lowest BCUT2D eigenvalue weighted by atomic mass is 10.2. The molecule has 0 amide bonds. The second-order valence-corrected chi connectivity index (χ2v) is 4.72. The van der Waals surface area contributed by atoms with Crippen LogP contribution < -0.4 is 5.73 Å². The molecule has 2 aromatic rings. The molecule has 0 bridgehead atoms. The summed E-state index contributed by atoms with van der Waals surface area (Å²) in [6, 6.07) is 7.04. The van der Waals surface area contributed by atoms with E-state index >= 15 is 0 Å². The Morgan fingerprint density at radius 1 is 1.41 bits per heavy atom. The van der Waals surface area contributed by atoms with Crippen LogP contribution in [0.5, 0.6) is 0 Å². The van der Waals surface area contributed by atoms with E-state index in [1.165, 1.54) is 0 Å². The first-order chi connectivity index (χ1) is 10.7. The molecule has 118 valence electrons. The van der Waals surface area contributed by atoms with E-state index in [1.807, 2.05) is 13.0 Å². The molecule has 2 N–H and O–H groups in total. The Morgan fingerprint density at radius 2 is 2.23 bits per heavy atom. The normalized spacial score (nSPS) is 10.7. The van der Waals surface area contributed by atoms with Crippen LogP contribution in [0.4, 0.5) is 0 Å². The predicted octanol–water partition coefficient (Wildman–Crippen LogP) is 1.44. The molecule has 0 spiro atoms. The van der Waals surface area contributed by atoms with E-state index in [2.05, 4.69) is 10.3 Å². The van der Waals surface area contributed by atoms with Crippen LogP contribution in [-0.4, -0.2) is 34.7 Å². The van der Waals surface area contributed by atoms with Gasteiger partial charge in [-0.15, -0.1) is 5.10 Å². The molecular formula is C15H20N4O3. The fraction of sp³-hybridized carbons (Fsp3) is 0.400. The molecule has 7 nitrogen and oxygen atoms in total. The molecule has 1 aromatic carbocycles. The van der Waals surface area contributed by atoms with Crippen molar-refractivity contribution in [3.8, 4) is 5.69 Å².